The molecule has 2 aliphatic rings. The third-order valence-corrected chi connectivity index (χ3v) is 5.53. The Balaban J connectivity index is 1.35. The maximum atomic E-state index is 13.5. The fourth-order valence-corrected chi connectivity index (χ4v) is 3.57. The molecule has 0 radical (unpaired) electrons. The Bertz CT molecular complexity index is 722. The highest BCUT2D eigenvalue weighted by molar-refractivity contribution is 5.19. The molecule has 1 aliphatic carbocycles. The molecule has 0 spiro atoms. The summed E-state index contributed by atoms with van der Waals surface area (Å²) >= 11 is 0. The van der Waals surface area contributed by atoms with Crippen LogP contribution in [0.15, 0.2) is 28.8 Å². The van der Waals surface area contributed by atoms with Crippen LogP contribution in [0.3, 0.4) is 0 Å². The van der Waals surface area contributed by atoms with Gasteiger partial charge in [-0.15, -0.1) is 0 Å². The summed E-state index contributed by atoms with van der Waals surface area (Å²) in [6.07, 6.45) is 2.37. The van der Waals surface area contributed by atoms with E-state index in [0.717, 1.165) is 43.5 Å². The number of halogens is 1. The van der Waals surface area contributed by atoms with Gasteiger partial charge in [-0.05, 0) is 44.4 Å². The van der Waals surface area contributed by atoms with Gasteiger partial charge in [0.2, 0.25) is 5.89 Å². The minimum atomic E-state index is -0.167. The van der Waals surface area contributed by atoms with Gasteiger partial charge >= 0.3 is 0 Å². The monoisotopic (exact) mass is 344 g/mol. The Morgan fingerprint density at radius 2 is 1.76 bits per heavy atom. The molecule has 25 heavy (non-hydrogen) atoms. The van der Waals surface area contributed by atoms with Gasteiger partial charge in [-0.1, -0.05) is 17.3 Å². The minimum absolute atomic E-state index is 0.145. The van der Waals surface area contributed by atoms with Crippen LogP contribution >= 0.6 is 0 Å². The second kappa shape index (κ2) is 6.84. The average Bonchev–Trinajstić information content (AvgIpc) is 3.37. The molecule has 1 aromatic carbocycles. The van der Waals surface area contributed by atoms with Gasteiger partial charge < -0.3 is 4.52 Å². The summed E-state index contributed by atoms with van der Waals surface area (Å²) in [5.74, 6) is 1.96. The van der Waals surface area contributed by atoms with Crippen molar-refractivity contribution in [3.05, 3.63) is 47.4 Å². The van der Waals surface area contributed by atoms with E-state index in [1.54, 1.807) is 12.1 Å². The van der Waals surface area contributed by atoms with Crippen molar-refractivity contribution < 1.29 is 8.91 Å². The van der Waals surface area contributed by atoms with Gasteiger partial charge in [-0.3, -0.25) is 9.80 Å². The molecule has 2 atom stereocenters. The normalized spacial score (nSPS) is 22.0. The highest BCUT2D eigenvalue weighted by Gasteiger charge is 2.32. The third kappa shape index (κ3) is 3.60. The van der Waals surface area contributed by atoms with Crippen molar-refractivity contribution >= 4 is 0 Å². The number of hydrogen-bond donors (Lipinski definition) is 0. The molecule has 6 heteroatoms. The molecule has 2 heterocycles. The molecule has 4 rings (SSSR count). The van der Waals surface area contributed by atoms with E-state index in [2.05, 4.69) is 33.8 Å². The van der Waals surface area contributed by atoms with Crippen molar-refractivity contribution in [1.82, 2.24) is 19.9 Å². The van der Waals surface area contributed by atoms with Crippen LogP contribution < -0.4 is 0 Å². The Morgan fingerprint density at radius 3 is 2.40 bits per heavy atom. The van der Waals surface area contributed by atoms with E-state index in [4.69, 9.17) is 4.52 Å². The van der Waals surface area contributed by atoms with Gasteiger partial charge in [0.25, 0.3) is 0 Å². The van der Waals surface area contributed by atoms with E-state index in [0.29, 0.717) is 5.92 Å². The predicted molar refractivity (Wildman–Crippen MR) is 92.6 cm³/mol. The summed E-state index contributed by atoms with van der Waals surface area (Å²) in [4.78, 5) is 9.38. The van der Waals surface area contributed by atoms with Gasteiger partial charge in [-0.2, -0.15) is 4.98 Å². The Morgan fingerprint density at radius 1 is 1.08 bits per heavy atom. The minimum Gasteiger partial charge on any atom is -0.338 e. The van der Waals surface area contributed by atoms with E-state index >= 15 is 0 Å². The molecular formula is C19H25FN4O. The molecule has 2 aromatic rings. The number of aromatic nitrogens is 2. The van der Waals surface area contributed by atoms with Crippen molar-refractivity contribution in [2.45, 2.75) is 44.7 Å². The SMILES string of the molecule is C[C@@H](c1cccc(F)c1)N1CCN([C@@H](C)c2nc(C3CC3)no2)CC1. The van der Waals surface area contributed by atoms with Crippen LogP contribution in [0.25, 0.3) is 0 Å². The molecule has 0 bridgehead atoms. The first-order chi connectivity index (χ1) is 12.1. The van der Waals surface area contributed by atoms with Crippen molar-refractivity contribution in [3.63, 3.8) is 0 Å². The van der Waals surface area contributed by atoms with E-state index in [1.807, 2.05) is 6.07 Å². The zero-order valence-corrected chi connectivity index (χ0v) is 14.9. The molecule has 0 unspecified atom stereocenters. The lowest BCUT2D eigenvalue weighted by molar-refractivity contribution is 0.0677. The highest BCUT2D eigenvalue weighted by atomic mass is 19.1. The lowest BCUT2D eigenvalue weighted by Gasteiger charge is -2.39. The zero-order chi connectivity index (χ0) is 17.4. The van der Waals surface area contributed by atoms with Crippen LogP contribution in [0.5, 0.6) is 0 Å². The highest BCUT2D eigenvalue weighted by Crippen LogP contribution is 2.38. The molecule has 134 valence electrons. The molecule has 0 amide bonds. The summed E-state index contributed by atoms with van der Waals surface area (Å²) in [5, 5.41) is 4.13. The van der Waals surface area contributed by atoms with Crippen molar-refractivity contribution in [2.75, 3.05) is 26.2 Å². The standard InChI is InChI=1S/C19H25FN4O/c1-13(16-4-3-5-17(20)12-16)23-8-10-24(11-9-23)14(2)19-21-18(22-25-19)15-6-7-15/h3-5,12-15H,6-11H2,1-2H3/t13-,14-/m0/s1. The summed E-state index contributed by atoms with van der Waals surface area (Å²) in [6.45, 7) is 8.07. The van der Waals surface area contributed by atoms with E-state index in [-0.39, 0.29) is 17.9 Å². The lowest BCUT2D eigenvalue weighted by Crippen LogP contribution is -2.47. The molecule has 1 aromatic heterocycles. The summed E-state index contributed by atoms with van der Waals surface area (Å²) in [7, 11) is 0. The van der Waals surface area contributed by atoms with Crippen LogP contribution in [0, 0.1) is 5.82 Å². The zero-order valence-electron chi connectivity index (χ0n) is 14.9. The van der Waals surface area contributed by atoms with Crippen molar-refractivity contribution in [1.29, 1.82) is 0 Å². The maximum absolute atomic E-state index is 13.5. The number of rotatable bonds is 5. The molecule has 1 saturated carbocycles. The number of piperazine rings is 1. The second-order valence-electron chi connectivity index (χ2n) is 7.24. The number of nitrogens with zero attached hydrogens (tertiary/aromatic N) is 4. The molecule has 1 saturated heterocycles. The molecule has 5 nitrogen and oxygen atoms in total. The smallest absolute Gasteiger partial charge is 0.243 e. The summed E-state index contributed by atoms with van der Waals surface area (Å²) < 4.78 is 18.9. The second-order valence-corrected chi connectivity index (χ2v) is 7.24. The molecule has 0 N–H and O–H groups in total. The van der Waals surface area contributed by atoms with Crippen molar-refractivity contribution in [3.8, 4) is 0 Å². The summed E-state index contributed by atoms with van der Waals surface area (Å²) in [5.41, 5.74) is 1.03. The lowest BCUT2D eigenvalue weighted by atomic mass is 10.1. The van der Waals surface area contributed by atoms with Crippen molar-refractivity contribution in [2.24, 2.45) is 0 Å². The van der Waals surface area contributed by atoms with Gasteiger partial charge in [0.1, 0.15) is 5.82 Å². The largest absolute Gasteiger partial charge is 0.338 e. The average molecular weight is 344 g/mol. The molecule has 1 aliphatic heterocycles. The van der Waals surface area contributed by atoms with Gasteiger partial charge in [0.05, 0.1) is 6.04 Å². The fourth-order valence-electron chi connectivity index (χ4n) is 3.57. The topological polar surface area (TPSA) is 45.4 Å². The Kier molecular flexibility index (Phi) is 4.56. The fraction of sp³-hybridized carbons (Fsp3) is 0.579. The number of hydrogen-bond acceptors (Lipinski definition) is 5. The summed E-state index contributed by atoms with van der Waals surface area (Å²) in [6, 6.07) is 7.28. The van der Waals surface area contributed by atoms with Crippen LogP contribution in [-0.2, 0) is 0 Å². The van der Waals surface area contributed by atoms with Crippen LogP contribution in [0.2, 0.25) is 0 Å². The first-order valence-corrected chi connectivity index (χ1v) is 9.19. The first-order valence-electron chi connectivity index (χ1n) is 9.19. The van der Waals surface area contributed by atoms with E-state index in [9.17, 15) is 4.39 Å². The van der Waals surface area contributed by atoms with E-state index < -0.39 is 0 Å². The molecule has 2 fully saturated rings. The quantitative estimate of drug-likeness (QED) is 0.830. The van der Waals surface area contributed by atoms with Gasteiger partial charge in [0.15, 0.2) is 5.82 Å². The molecular weight excluding hydrogens is 319 g/mol. The Labute approximate surface area is 147 Å². The maximum Gasteiger partial charge on any atom is 0.243 e. The van der Waals surface area contributed by atoms with Gasteiger partial charge in [-0.25, -0.2) is 4.39 Å². The predicted octanol–water partition coefficient (Wildman–Crippen LogP) is 3.53. The number of benzene rings is 1. The first kappa shape index (κ1) is 16.7. The van der Waals surface area contributed by atoms with Crippen LogP contribution in [-0.4, -0.2) is 46.1 Å². The van der Waals surface area contributed by atoms with Crippen LogP contribution in [0.4, 0.5) is 4.39 Å². The van der Waals surface area contributed by atoms with Gasteiger partial charge in [0, 0.05) is 38.1 Å². The van der Waals surface area contributed by atoms with E-state index in [1.165, 1.54) is 18.9 Å². The third-order valence-electron chi connectivity index (χ3n) is 5.53. The Hall–Kier alpha value is -1.79. The van der Waals surface area contributed by atoms with Crippen LogP contribution in [0.1, 0.15) is 62.0 Å².